The highest BCUT2D eigenvalue weighted by atomic mass is 32.2. The minimum atomic E-state index is -2.96. The topological polar surface area (TPSA) is 74.7 Å². The van der Waals surface area contributed by atoms with E-state index in [1.807, 2.05) is 4.90 Å². The van der Waals surface area contributed by atoms with Gasteiger partial charge in [0.15, 0.2) is 9.84 Å². The molecule has 1 aliphatic heterocycles. The van der Waals surface area contributed by atoms with Crippen LogP contribution >= 0.6 is 0 Å². The molecule has 5 nitrogen and oxygen atoms in total. The van der Waals surface area contributed by atoms with Gasteiger partial charge in [-0.25, -0.2) is 17.6 Å². The highest BCUT2D eigenvalue weighted by molar-refractivity contribution is 7.91. The minimum absolute atomic E-state index is 0.0710. The number of halogens is 1. The first-order valence-corrected chi connectivity index (χ1v) is 8.03. The van der Waals surface area contributed by atoms with Crippen LogP contribution in [0.25, 0.3) is 0 Å². The van der Waals surface area contributed by atoms with E-state index in [0.29, 0.717) is 18.5 Å². The highest BCUT2D eigenvalue weighted by Gasteiger charge is 2.30. The van der Waals surface area contributed by atoms with Crippen LogP contribution in [0.5, 0.6) is 0 Å². The lowest BCUT2D eigenvalue weighted by atomic mass is 10.1. The summed E-state index contributed by atoms with van der Waals surface area (Å²) in [4.78, 5) is 12.7. The van der Waals surface area contributed by atoms with Gasteiger partial charge in [-0.1, -0.05) is 6.07 Å². The zero-order valence-electron chi connectivity index (χ0n) is 11.0. The summed E-state index contributed by atoms with van der Waals surface area (Å²) < 4.78 is 36.2. The molecule has 20 heavy (non-hydrogen) atoms. The van der Waals surface area contributed by atoms with Crippen LogP contribution in [0.3, 0.4) is 0 Å². The first kappa shape index (κ1) is 14.9. The number of hydrogen-bond acceptors (Lipinski definition) is 4. The summed E-state index contributed by atoms with van der Waals surface area (Å²) >= 11 is 0. The van der Waals surface area contributed by atoms with E-state index in [9.17, 15) is 17.6 Å². The van der Waals surface area contributed by atoms with Crippen molar-refractivity contribution in [2.75, 3.05) is 18.6 Å². The number of carbonyl (C=O) groups is 1. The van der Waals surface area contributed by atoms with Gasteiger partial charge in [0, 0.05) is 12.6 Å². The lowest BCUT2D eigenvalue weighted by molar-refractivity contribution is 0.0691. The summed E-state index contributed by atoms with van der Waals surface area (Å²) in [7, 11) is -1.17. The molecule has 7 heteroatoms. The number of hydrogen-bond donors (Lipinski definition) is 1. The van der Waals surface area contributed by atoms with Gasteiger partial charge in [0.05, 0.1) is 17.1 Å². The number of rotatable bonds is 4. The first-order chi connectivity index (χ1) is 9.28. The lowest BCUT2D eigenvalue weighted by Crippen LogP contribution is -2.32. The number of sulfone groups is 1. The molecule has 0 saturated carbocycles. The van der Waals surface area contributed by atoms with Gasteiger partial charge in [-0.2, -0.15) is 0 Å². The molecule has 1 heterocycles. The molecule has 1 aliphatic rings. The summed E-state index contributed by atoms with van der Waals surface area (Å²) in [6, 6.07) is 3.86. The molecule has 0 amide bonds. The maximum absolute atomic E-state index is 13.3. The molecule has 1 N–H and O–H groups in total. The maximum atomic E-state index is 13.3. The Morgan fingerprint density at radius 2 is 2.20 bits per heavy atom. The standard InChI is InChI=1S/C13H16FNO4S/c1-15(10-4-5-20(18,19)8-10)7-9-2-3-12(14)11(6-9)13(16)17/h2-3,6,10H,4-5,7-8H2,1H3,(H,16,17). The molecule has 1 fully saturated rings. The third-order valence-electron chi connectivity index (χ3n) is 3.52. The van der Waals surface area contributed by atoms with E-state index >= 15 is 0 Å². The van der Waals surface area contributed by atoms with Crippen molar-refractivity contribution < 1.29 is 22.7 Å². The van der Waals surface area contributed by atoms with E-state index in [2.05, 4.69) is 0 Å². The predicted octanol–water partition coefficient (Wildman–Crippen LogP) is 1.14. The molecule has 1 atom stereocenters. The molecule has 0 radical (unpaired) electrons. The quantitative estimate of drug-likeness (QED) is 0.903. The molecular weight excluding hydrogens is 285 g/mol. The Hall–Kier alpha value is -1.47. The lowest BCUT2D eigenvalue weighted by Gasteiger charge is -2.23. The molecule has 1 unspecified atom stereocenters. The Labute approximate surface area is 116 Å². The van der Waals surface area contributed by atoms with Crippen LogP contribution in [0.2, 0.25) is 0 Å². The molecule has 2 rings (SSSR count). The largest absolute Gasteiger partial charge is 0.478 e. The third-order valence-corrected chi connectivity index (χ3v) is 5.28. The number of benzene rings is 1. The molecule has 0 bridgehead atoms. The summed E-state index contributed by atoms with van der Waals surface area (Å²) in [5, 5.41) is 8.87. The van der Waals surface area contributed by atoms with Gasteiger partial charge < -0.3 is 5.11 Å². The van der Waals surface area contributed by atoms with Gasteiger partial charge in [0.25, 0.3) is 0 Å². The zero-order valence-corrected chi connectivity index (χ0v) is 11.9. The van der Waals surface area contributed by atoms with Crippen LogP contribution in [-0.4, -0.2) is 49.0 Å². The van der Waals surface area contributed by atoms with E-state index in [1.165, 1.54) is 12.1 Å². The van der Waals surface area contributed by atoms with Crippen molar-refractivity contribution in [1.82, 2.24) is 4.90 Å². The van der Waals surface area contributed by atoms with Gasteiger partial charge in [0.2, 0.25) is 0 Å². The Morgan fingerprint density at radius 1 is 1.50 bits per heavy atom. The van der Waals surface area contributed by atoms with E-state index in [1.54, 1.807) is 7.05 Å². The van der Waals surface area contributed by atoms with Crippen molar-refractivity contribution in [2.24, 2.45) is 0 Å². The summed E-state index contributed by atoms with van der Waals surface area (Å²) in [6.45, 7) is 0.390. The third kappa shape index (κ3) is 3.34. The van der Waals surface area contributed by atoms with Crippen LogP contribution in [0.4, 0.5) is 4.39 Å². The Balaban J connectivity index is 2.10. The Kier molecular flexibility index (Phi) is 4.10. The van der Waals surface area contributed by atoms with E-state index < -0.39 is 21.6 Å². The SMILES string of the molecule is CN(Cc1ccc(F)c(C(=O)O)c1)C1CCS(=O)(=O)C1. The minimum Gasteiger partial charge on any atom is -0.478 e. The monoisotopic (exact) mass is 301 g/mol. The molecule has 1 aromatic carbocycles. The van der Waals surface area contributed by atoms with Crippen LogP contribution in [0, 0.1) is 5.82 Å². The molecule has 1 aromatic rings. The van der Waals surface area contributed by atoms with Crippen molar-refractivity contribution >= 4 is 15.8 Å². The number of aromatic carboxylic acids is 1. The Bertz CT molecular complexity index is 629. The van der Waals surface area contributed by atoms with Gasteiger partial charge >= 0.3 is 5.97 Å². The molecule has 0 aromatic heterocycles. The van der Waals surface area contributed by atoms with E-state index in [0.717, 1.165) is 6.07 Å². The second-order valence-electron chi connectivity index (χ2n) is 5.09. The smallest absolute Gasteiger partial charge is 0.338 e. The number of carboxylic acid groups (broad SMARTS) is 1. The van der Waals surface area contributed by atoms with Crippen LogP contribution in [0.1, 0.15) is 22.3 Å². The van der Waals surface area contributed by atoms with Crippen molar-refractivity contribution in [3.8, 4) is 0 Å². The average Bonchev–Trinajstić information content (AvgIpc) is 2.72. The fourth-order valence-corrected chi connectivity index (χ4v) is 4.18. The Morgan fingerprint density at radius 3 is 2.75 bits per heavy atom. The molecule has 110 valence electrons. The molecule has 1 saturated heterocycles. The van der Waals surface area contributed by atoms with Crippen molar-refractivity contribution in [2.45, 2.75) is 19.0 Å². The highest BCUT2D eigenvalue weighted by Crippen LogP contribution is 2.19. The second kappa shape index (κ2) is 5.49. The summed E-state index contributed by atoms with van der Waals surface area (Å²) in [5.74, 6) is -1.77. The normalized spacial score (nSPS) is 21.2. The number of carboxylic acids is 1. The van der Waals surface area contributed by atoms with Gasteiger partial charge in [-0.05, 0) is 31.2 Å². The van der Waals surface area contributed by atoms with Crippen molar-refractivity contribution in [3.05, 3.63) is 35.1 Å². The average molecular weight is 301 g/mol. The molecule has 0 aliphatic carbocycles. The predicted molar refractivity (Wildman–Crippen MR) is 71.9 cm³/mol. The summed E-state index contributed by atoms with van der Waals surface area (Å²) in [6.07, 6.45) is 0.575. The second-order valence-corrected chi connectivity index (χ2v) is 7.32. The van der Waals surface area contributed by atoms with Crippen molar-refractivity contribution in [3.63, 3.8) is 0 Å². The maximum Gasteiger partial charge on any atom is 0.338 e. The number of nitrogens with zero attached hydrogens (tertiary/aromatic N) is 1. The van der Waals surface area contributed by atoms with Crippen LogP contribution < -0.4 is 0 Å². The fourth-order valence-electron chi connectivity index (χ4n) is 2.37. The van der Waals surface area contributed by atoms with Gasteiger partial charge in [-0.15, -0.1) is 0 Å². The summed E-state index contributed by atoms with van der Waals surface area (Å²) in [5.41, 5.74) is 0.283. The van der Waals surface area contributed by atoms with Gasteiger partial charge in [-0.3, -0.25) is 4.90 Å². The van der Waals surface area contributed by atoms with Crippen molar-refractivity contribution in [1.29, 1.82) is 0 Å². The van der Waals surface area contributed by atoms with E-state index in [-0.39, 0.29) is 23.1 Å². The molecular formula is C13H16FNO4S. The van der Waals surface area contributed by atoms with Gasteiger partial charge in [0.1, 0.15) is 5.82 Å². The van der Waals surface area contributed by atoms with Crippen LogP contribution in [-0.2, 0) is 16.4 Å². The fraction of sp³-hybridized carbons (Fsp3) is 0.462. The van der Waals surface area contributed by atoms with E-state index in [4.69, 9.17) is 5.11 Å². The first-order valence-electron chi connectivity index (χ1n) is 6.21. The van der Waals surface area contributed by atoms with Crippen LogP contribution in [0.15, 0.2) is 18.2 Å². The molecule has 0 spiro atoms. The zero-order chi connectivity index (χ0) is 14.9.